The Kier molecular flexibility index (Phi) is 4.17. The van der Waals surface area contributed by atoms with Crippen LogP contribution in [0.2, 0.25) is 0 Å². The fourth-order valence-corrected chi connectivity index (χ4v) is 3.55. The number of imidazole rings is 1. The van der Waals surface area contributed by atoms with E-state index in [9.17, 15) is 4.79 Å². The average molecular weight is 335 g/mol. The summed E-state index contributed by atoms with van der Waals surface area (Å²) in [4.78, 5) is 28.0. The number of hydrogen-bond donors (Lipinski definition) is 0. The molecule has 1 amide bonds. The van der Waals surface area contributed by atoms with Crippen LogP contribution in [0.3, 0.4) is 0 Å². The molecule has 0 radical (unpaired) electrons. The minimum Gasteiger partial charge on any atom is -0.335 e. The van der Waals surface area contributed by atoms with Crippen LogP contribution in [0.4, 0.5) is 0 Å². The molecule has 25 heavy (non-hydrogen) atoms. The lowest BCUT2D eigenvalue weighted by molar-refractivity contribution is 0.0782. The number of fused-ring (bicyclic) bond motifs is 1. The Morgan fingerprint density at radius 1 is 1.20 bits per heavy atom. The molecule has 0 unspecified atom stereocenters. The molecule has 3 aromatic heterocycles. The van der Waals surface area contributed by atoms with Gasteiger partial charge in [-0.05, 0) is 37.1 Å². The SMILES string of the molecule is CCCc1nc2cccnc2n1[C@@H]1CCN(C(=O)c2ccccn2)C1. The van der Waals surface area contributed by atoms with E-state index in [1.165, 1.54) is 0 Å². The number of nitrogens with zero attached hydrogens (tertiary/aromatic N) is 5. The van der Waals surface area contributed by atoms with Crippen LogP contribution in [0.15, 0.2) is 42.7 Å². The van der Waals surface area contributed by atoms with Crippen LogP contribution < -0.4 is 0 Å². The number of aromatic nitrogens is 4. The third kappa shape index (κ3) is 2.88. The normalized spacial score (nSPS) is 17.3. The van der Waals surface area contributed by atoms with Crippen molar-refractivity contribution in [2.24, 2.45) is 0 Å². The first-order valence-corrected chi connectivity index (χ1v) is 8.80. The predicted molar refractivity (Wildman–Crippen MR) is 95.3 cm³/mol. The van der Waals surface area contributed by atoms with Crippen molar-refractivity contribution in [3.63, 3.8) is 0 Å². The first-order chi connectivity index (χ1) is 12.3. The van der Waals surface area contributed by atoms with Gasteiger partial charge in [0.1, 0.15) is 17.0 Å². The van der Waals surface area contributed by atoms with Crippen LogP contribution in [0.25, 0.3) is 11.2 Å². The molecule has 0 aromatic carbocycles. The molecule has 4 rings (SSSR count). The molecule has 1 fully saturated rings. The Morgan fingerprint density at radius 2 is 2.08 bits per heavy atom. The lowest BCUT2D eigenvalue weighted by atomic mass is 10.2. The molecule has 1 aliphatic heterocycles. The number of rotatable bonds is 4. The maximum atomic E-state index is 12.7. The standard InChI is InChI=1S/C19H21N5O/c1-2-6-17-22-15-8-5-11-21-18(15)24(17)14-9-12-23(13-14)19(25)16-7-3-4-10-20-16/h3-5,7-8,10-11,14H,2,6,9,12-13H2,1H3/t14-/m1/s1. The highest BCUT2D eigenvalue weighted by molar-refractivity contribution is 5.92. The second-order valence-corrected chi connectivity index (χ2v) is 6.40. The van der Waals surface area contributed by atoms with Gasteiger partial charge in [-0.2, -0.15) is 0 Å². The van der Waals surface area contributed by atoms with Crippen LogP contribution in [0, 0.1) is 0 Å². The van der Waals surface area contributed by atoms with Gasteiger partial charge < -0.3 is 9.47 Å². The zero-order valence-electron chi connectivity index (χ0n) is 14.3. The summed E-state index contributed by atoms with van der Waals surface area (Å²) in [6, 6.07) is 9.58. The van der Waals surface area contributed by atoms with Gasteiger partial charge in [-0.3, -0.25) is 9.78 Å². The number of amides is 1. The van der Waals surface area contributed by atoms with E-state index in [0.717, 1.165) is 42.8 Å². The Hall–Kier alpha value is -2.76. The van der Waals surface area contributed by atoms with Crippen molar-refractivity contribution < 1.29 is 4.79 Å². The van der Waals surface area contributed by atoms with Crippen LogP contribution in [0.5, 0.6) is 0 Å². The van der Waals surface area contributed by atoms with Crippen molar-refractivity contribution in [1.29, 1.82) is 0 Å². The highest BCUT2D eigenvalue weighted by Crippen LogP contribution is 2.28. The van der Waals surface area contributed by atoms with E-state index >= 15 is 0 Å². The van der Waals surface area contributed by atoms with Crippen molar-refractivity contribution in [3.8, 4) is 0 Å². The number of pyridine rings is 2. The molecule has 1 aliphatic rings. The van der Waals surface area contributed by atoms with Gasteiger partial charge in [0.05, 0.1) is 6.04 Å². The zero-order chi connectivity index (χ0) is 17.2. The summed E-state index contributed by atoms with van der Waals surface area (Å²) in [5.41, 5.74) is 2.36. The second-order valence-electron chi connectivity index (χ2n) is 6.40. The second kappa shape index (κ2) is 6.63. The van der Waals surface area contributed by atoms with Gasteiger partial charge in [0.15, 0.2) is 5.65 Å². The maximum Gasteiger partial charge on any atom is 0.272 e. The lowest BCUT2D eigenvalue weighted by Gasteiger charge is -2.18. The summed E-state index contributed by atoms with van der Waals surface area (Å²) in [5, 5.41) is 0. The fourth-order valence-electron chi connectivity index (χ4n) is 3.55. The molecule has 0 N–H and O–H groups in total. The highest BCUT2D eigenvalue weighted by Gasteiger charge is 2.31. The number of aryl methyl sites for hydroxylation is 1. The Labute approximate surface area is 146 Å². The Bertz CT molecular complexity index is 889. The Balaban J connectivity index is 1.62. The molecule has 0 saturated carbocycles. The monoisotopic (exact) mass is 335 g/mol. The van der Waals surface area contributed by atoms with E-state index in [0.29, 0.717) is 12.2 Å². The maximum absolute atomic E-state index is 12.7. The smallest absolute Gasteiger partial charge is 0.272 e. The Morgan fingerprint density at radius 3 is 2.88 bits per heavy atom. The largest absolute Gasteiger partial charge is 0.335 e. The summed E-state index contributed by atoms with van der Waals surface area (Å²) < 4.78 is 2.24. The topological polar surface area (TPSA) is 63.9 Å². The number of hydrogen-bond acceptors (Lipinski definition) is 4. The first kappa shape index (κ1) is 15.7. The minimum absolute atomic E-state index is 0.00229. The van der Waals surface area contributed by atoms with E-state index in [4.69, 9.17) is 4.98 Å². The molecule has 3 aromatic rings. The molecule has 128 valence electrons. The molecule has 4 heterocycles. The first-order valence-electron chi connectivity index (χ1n) is 8.80. The summed E-state index contributed by atoms with van der Waals surface area (Å²) in [6.07, 6.45) is 6.33. The van der Waals surface area contributed by atoms with E-state index in [2.05, 4.69) is 21.5 Å². The van der Waals surface area contributed by atoms with E-state index in [1.54, 1.807) is 12.3 Å². The number of carbonyl (C=O) groups excluding carboxylic acids is 1. The average Bonchev–Trinajstić information content (AvgIpc) is 3.26. The number of carbonyl (C=O) groups is 1. The van der Waals surface area contributed by atoms with Crippen LogP contribution >= 0.6 is 0 Å². The van der Waals surface area contributed by atoms with Gasteiger partial charge in [-0.1, -0.05) is 13.0 Å². The minimum atomic E-state index is -0.00229. The lowest BCUT2D eigenvalue weighted by Crippen LogP contribution is -2.30. The summed E-state index contributed by atoms with van der Waals surface area (Å²) in [5.74, 6) is 1.06. The number of likely N-dealkylation sites (tertiary alicyclic amines) is 1. The van der Waals surface area contributed by atoms with Crippen molar-refractivity contribution >= 4 is 17.1 Å². The van der Waals surface area contributed by atoms with Crippen molar-refractivity contribution in [2.45, 2.75) is 32.2 Å². The molecule has 6 nitrogen and oxygen atoms in total. The van der Waals surface area contributed by atoms with Gasteiger partial charge in [0.2, 0.25) is 0 Å². The predicted octanol–water partition coefficient (Wildman–Crippen LogP) is 2.87. The van der Waals surface area contributed by atoms with Gasteiger partial charge >= 0.3 is 0 Å². The summed E-state index contributed by atoms with van der Waals surface area (Å²) in [6.45, 7) is 3.56. The quantitative estimate of drug-likeness (QED) is 0.735. The molecule has 0 aliphatic carbocycles. The van der Waals surface area contributed by atoms with E-state index in [1.807, 2.05) is 35.4 Å². The molecular formula is C19H21N5O. The molecule has 6 heteroatoms. The van der Waals surface area contributed by atoms with Crippen molar-refractivity contribution in [3.05, 3.63) is 54.2 Å². The van der Waals surface area contributed by atoms with E-state index in [-0.39, 0.29) is 11.9 Å². The molecule has 1 saturated heterocycles. The van der Waals surface area contributed by atoms with Crippen molar-refractivity contribution in [1.82, 2.24) is 24.4 Å². The van der Waals surface area contributed by atoms with E-state index < -0.39 is 0 Å². The highest BCUT2D eigenvalue weighted by atomic mass is 16.2. The van der Waals surface area contributed by atoms with Crippen molar-refractivity contribution in [2.75, 3.05) is 13.1 Å². The summed E-state index contributed by atoms with van der Waals surface area (Å²) in [7, 11) is 0. The van der Waals surface area contributed by atoms with Gasteiger partial charge in [0.25, 0.3) is 5.91 Å². The third-order valence-corrected chi connectivity index (χ3v) is 4.70. The molecule has 0 bridgehead atoms. The molecule has 1 atom stereocenters. The zero-order valence-corrected chi connectivity index (χ0v) is 14.3. The van der Waals surface area contributed by atoms with Gasteiger partial charge in [0, 0.05) is 31.9 Å². The fraction of sp³-hybridized carbons (Fsp3) is 0.368. The van der Waals surface area contributed by atoms with Gasteiger partial charge in [-0.25, -0.2) is 9.97 Å². The molecular weight excluding hydrogens is 314 g/mol. The molecule has 0 spiro atoms. The summed E-state index contributed by atoms with van der Waals surface area (Å²) >= 11 is 0. The van der Waals surface area contributed by atoms with Crippen LogP contribution in [-0.2, 0) is 6.42 Å². The van der Waals surface area contributed by atoms with Gasteiger partial charge in [-0.15, -0.1) is 0 Å². The van der Waals surface area contributed by atoms with Crippen LogP contribution in [0.1, 0.15) is 42.1 Å². The third-order valence-electron chi connectivity index (χ3n) is 4.70. The van der Waals surface area contributed by atoms with Crippen LogP contribution in [-0.4, -0.2) is 43.4 Å².